The smallest absolute Gasteiger partial charge is 0.303 e. The van der Waals surface area contributed by atoms with Crippen LogP contribution in [-0.2, 0) is 4.79 Å². The molecule has 158 valence electrons. The first kappa shape index (κ1) is 20.4. The van der Waals surface area contributed by atoms with Gasteiger partial charge in [0, 0.05) is 6.42 Å². The second-order valence-corrected chi connectivity index (χ2v) is 10.9. The highest BCUT2D eigenvalue weighted by molar-refractivity contribution is 5.66. The summed E-state index contributed by atoms with van der Waals surface area (Å²) in [6.07, 6.45) is 9.72. The maximum atomic E-state index is 11.0. The summed E-state index contributed by atoms with van der Waals surface area (Å²) in [5, 5.41) is 30.2. The lowest BCUT2D eigenvalue weighted by Gasteiger charge is -2.60. The molecule has 9 atom stereocenters. The Morgan fingerprint density at radius 1 is 1.14 bits per heavy atom. The van der Waals surface area contributed by atoms with Gasteiger partial charge in [-0.15, -0.1) is 0 Å². The Labute approximate surface area is 169 Å². The van der Waals surface area contributed by atoms with Crippen LogP contribution in [-0.4, -0.2) is 33.5 Å². The van der Waals surface area contributed by atoms with Crippen LogP contribution in [0.25, 0.3) is 0 Å². The lowest BCUT2D eigenvalue weighted by atomic mass is 9.46. The molecular formula is C24H38O4. The Morgan fingerprint density at radius 2 is 1.89 bits per heavy atom. The summed E-state index contributed by atoms with van der Waals surface area (Å²) < 4.78 is 0. The fourth-order valence-corrected chi connectivity index (χ4v) is 8.28. The first-order valence-corrected chi connectivity index (χ1v) is 11.5. The Hall–Kier alpha value is -0.870. The van der Waals surface area contributed by atoms with Crippen molar-refractivity contribution < 1.29 is 20.1 Å². The molecule has 0 saturated heterocycles. The van der Waals surface area contributed by atoms with Crippen LogP contribution in [0.5, 0.6) is 0 Å². The van der Waals surface area contributed by atoms with E-state index in [2.05, 4.69) is 20.8 Å². The van der Waals surface area contributed by atoms with Crippen molar-refractivity contribution in [1.29, 1.82) is 0 Å². The summed E-state index contributed by atoms with van der Waals surface area (Å²) in [4.78, 5) is 11.0. The summed E-state index contributed by atoms with van der Waals surface area (Å²) >= 11 is 0. The van der Waals surface area contributed by atoms with Gasteiger partial charge >= 0.3 is 5.97 Å². The van der Waals surface area contributed by atoms with E-state index in [1.807, 2.05) is 6.08 Å². The van der Waals surface area contributed by atoms with Gasteiger partial charge in [0.05, 0.1) is 12.2 Å². The molecule has 0 radical (unpaired) electrons. The van der Waals surface area contributed by atoms with Crippen LogP contribution in [0.1, 0.15) is 78.6 Å². The molecule has 0 heterocycles. The number of hydrogen-bond donors (Lipinski definition) is 3. The molecule has 4 aliphatic carbocycles. The highest BCUT2D eigenvalue weighted by Gasteiger charge is 2.60. The van der Waals surface area contributed by atoms with Crippen molar-refractivity contribution in [3.63, 3.8) is 0 Å². The van der Waals surface area contributed by atoms with E-state index in [-0.39, 0.29) is 17.3 Å². The van der Waals surface area contributed by atoms with Crippen LogP contribution >= 0.6 is 0 Å². The number of carboxylic acids is 1. The van der Waals surface area contributed by atoms with E-state index in [1.54, 1.807) is 0 Å². The quantitative estimate of drug-likeness (QED) is 0.622. The molecule has 0 unspecified atom stereocenters. The summed E-state index contributed by atoms with van der Waals surface area (Å²) in [7, 11) is 0. The normalized spacial score (nSPS) is 48.8. The standard InChI is InChI=1S/C24H38O4/c1-14(4-7-22(27)28)17-5-6-18-16-13-21(26)20-12-15(25)8-10-24(20,3)19(16)9-11-23(17,18)2/h12,14-19,21,25-26H,4-11,13H2,1-3H3,(H,27,28)/t14-,15+,16-,17+,18-,19-,21+,23+,24+/m0/s1. The van der Waals surface area contributed by atoms with E-state index in [0.717, 1.165) is 31.3 Å². The van der Waals surface area contributed by atoms with E-state index in [9.17, 15) is 15.0 Å². The number of aliphatic carboxylic acids is 1. The van der Waals surface area contributed by atoms with Crippen LogP contribution in [0.2, 0.25) is 0 Å². The van der Waals surface area contributed by atoms with Crippen molar-refractivity contribution in [2.24, 2.45) is 40.4 Å². The molecule has 0 aromatic carbocycles. The van der Waals surface area contributed by atoms with Crippen molar-refractivity contribution in [2.75, 3.05) is 0 Å². The predicted octanol–water partition coefficient (Wildman–Crippen LogP) is 4.40. The number of carbonyl (C=O) groups is 1. The molecule has 4 nitrogen and oxygen atoms in total. The van der Waals surface area contributed by atoms with E-state index in [1.165, 1.54) is 25.7 Å². The van der Waals surface area contributed by atoms with Gasteiger partial charge in [0.15, 0.2) is 0 Å². The van der Waals surface area contributed by atoms with Crippen molar-refractivity contribution >= 4 is 5.97 Å². The Bertz CT molecular complexity index is 657. The molecule has 0 aliphatic heterocycles. The highest BCUT2D eigenvalue weighted by atomic mass is 16.4. The van der Waals surface area contributed by atoms with Gasteiger partial charge in [0.2, 0.25) is 0 Å². The Morgan fingerprint density at radius 3 is 2.61 bits per heavy atom. The van der Waals surface area contributed by atoms with Gasteiger partial charge in [-0.3, -0.25) is 4.79 Å². The molecule has 0 aromatic rings. The van der Waals surface area contributed by atoms with Crippen LogP contribution < -0.4 is 0 Å². The molecule has 4 aliphatic rings. The van der Waals surface area contributed by atoms with Crippen molar-refractivity contribution in [3.05, 3.63) is 11.6 Å². The molecule has 3 fully saturated rings. The summed E-state index contributed by atoms with van der Waals surface area (Å²) in [5.74, 6) is 2.18. The zero-order chi connectivity index (χ0) is 20.3. The number of hydrogen-bond acceptors (Lipinski definition) is 3. The monoisotopic (exact) mass is 390 g/mol. The third-order valence-electron chi connectivity index (χ3n) is 9.67. The van der Waals surface area contributed by atoms with Gasteiger partial charge in [0.1, 0.15) is 0 Å². The third kappa shape index (κ3) is 3.06. The van der Waals surface area contributed by atoms with Gasteiger partial charge in [-0.25, -0.2) is 0 Å². The lowest BCUT2D eigenvalue weighted by Crippen LogP contribution is -2.54. The number of rotatable bonds is 4. The summed E-state index contributed by atoms with van der Waals surface area (Å²) in [6.45, 7) is 7.07. The summed E-state index contributed by atoms with van der Waals surface area (Å²) in [5.41, 5.74) is 1.43. The van der Waals surface area contributed by atoms with Crippen LogP contribution in [0.3, 0.4) is 0 Å². The molecule has 28 heavy (non-hydrogen) atoms. The highest BCUT2D eigenvalue weighted by Crippen LogP contribution is 2.67. The van der Waals surface area contributed by atoms with Crippen LogP contribution in [0, 0.1) is 40.4 Å². The van der Waals surface area contributed by atoms with Crippen molar-refractivity contribution in [2.45, 2.75) is 90.8 Å². The summed E-state index contributed by atoms with van der Waals surface area (Å²) in [6, 6.07) is 0. The third-order valence-corrected chi connectivity index (χ3v) is 9.67. The second kappa shape index (κ2) is 7.12. The fraction of sp³-hybridized carbons (Fsp3) is 0.875. The number of aliphatic hydroxyl groups is 2. The Kier molecular flexibility index (Phi) is 5.19. The SMILES string of the molecule is C[C@@H](CCC(=O)O)[C@H]1CC[C@H]2[C@@H]3C[C@@H](O)C4=C[C@H](O)CC[C@]4(C)[C@H]3CC[C@]12C. The number of fused-ring (bicyclic) bond motifs is 5. The average molecular weight is 391 g/mol. The van der Waals surface area contributed by atoms with Gasteiger partial charge in [-0.2, -0.15) is 0 Å². The molecule has 0 aromatic heterocycles. The first-order valence-electron chi connectivity index (χ1n) is 11.5. The van der Waals surface area contributed by atoms with E-state index in [0.29, 0.717) is 29.6 Å². The largest absolute Gasteiger partial charge is 0.481 e. The molecule has 0 amide bonds. The minimum Gasteiger partial charge on any atom is -0.481 e. The second-order valence-electron chi connectivity index (χ2n) is 10.9. The van der Waals surface area contributed by atoms with Gasteiger partial charge in [-0.1, -0.05) is 26.8 Å². The van der Waals surface area contributed by atoms with Gasteiger partial charge < -0.3 is 15.3 Å². The minimum atomic E-state index is -0.683. The number of aliphatic hydroxyl groups excluding tert-OH is 2. The zero-order valence-electron chi connectivity index (χ0n) is 17.7. The molecular weight excluding hydrogens is 352 g/mol. The number of carboxylic acid groups (broad SMARTS) is 1. The lowest BCUT2D eigenvalue weighted by molar-refractivity contribution is -0.137. The van der Waals surface area contributed by atoms with E-state index in [4.69, 9.17) is 5.11 Å². The minimum absolute atomic E-state index is 0.0376. The van der Waals surface area contributed by atoms with Crippen molar-refractivity contribution in [1.82, 2.24) is 0 Å². The fourth-order valence-electron chi connectivity index (χ4n) is 8.28. The predicted molar refractivity (Wildman–Crippen MR) is 109 cm³/mol. The molecule has 0 spiro atoms. The van der Waals surface area contributed by atoms with Crippen molar-refractivity contribution in [3.8, 4) is 0 Å². The molecule has 4 heteroatoms. The zero-order valence-corrected chi connectivity index (χ0v) is 17.7. The molecule has 3 N–H and O–H groups in total. The van der Waals surface area contributed by atoms with Crippen LogP contribution in [0.4, 0.5) is 0 Å². The van der Waals surface area contributed by atoms with Gasteiger partial charge in [0.25, 0.3) is 0 Å². The maximum absolute atomic E-state index is 11.0. The first-order chi connectivity index (χ1) is 13.2. The van der Waals surface area contributed by atoms with Crippen LogP contribution in [0.15, 0.2) is 11.6 Å². The average Bonchev–Trinajstić information content (AvgIpc) is 2.99. The maximum Gasteiger partial charge on any atom is 0.303 e. The molecule has 3 saturated carbocycles. The molecule has 0 bridgehead atoms. The molecule has 4 rings (SSSR count). The van der Waals surface area contributed by atoms with Gasteiger partial charge in [-0.05, 0) is 97.4 Å². The topological polar surface area (TPSA) is 77.8 Å². The Balaban J connectivity index is 1.57. The van der Waals surface area contributed by atoms with E-state index < -0.39 is 18.2 Å². The van der Waals surface area contributed by atoms with E-state index >= 15 is 0 Å².